The van der Waals surface area contributed by atoms with Crippen molar-refractivity contribution in [3.8, 4) is 0 Å². The van der Waals surface area contributed by atoms with Gasteiger partial charge in [0, 0.05) is 24.3 Å². The minimum atomic E-state index is 0.176. The second kappa shape index (κ2) is 7.33. The van der Waals surface area contributed by atoms with Crippen molar-refractivity contribution in [2.45, 2.75) is 32.7 Å². The third-order valence-corrected chi connectivity index (χ3v) is 4.35. The Bertz CT molecular complexity index is 657. The Morgan fingerprint density at radius 3 is 2.13 bits per heavy atom. The van der Waals surface area contributed by atoms with Crippen molar-refractivity contribution < 1.29 is 0 Å². The number of hydrogen-bond acceptors (Lipinski definition) is 1. The summed E-state index contributed by atoms with van der Waals surface area (Å²) in [5, 5.41) is 4.63. The minimum Gasteiger partial charge on any atom is -0.348 e. The summed E-state index contributed by atoms with van der Waals surface area (Å²) in [6, 6.07) is 16.2. The van der Waals surface area contributed by atoms with Crippen molar-refractivity contribution in [1.29, 1.82) is 0 Å². The summed E-state index contributed by atoms with van der Waals surface area (Å²) in [4.78, 5) is 2.02. The second-order valence-electron chi connectivity index (χ2n) is 6.74. The molecular weight excluding hydrogens is 324 g/mol. The fourth-order valence-corrected chi connectivity index (χ4v) is 2.52. The van der Waals surface area contributed by atoms with Crippen molar-refractivity contribution in [3.05, 3.63) is 64.7 Å². The molecule has 0 saturated heterocycles. The van der Waals surface area contributed by atoms with Gasteiger partial charge in [-0.15, -0.1) is 0 Å². The maximum absolute atomic E-state index is 5.89. The Hall–Kier alpha value is -1.58. The van der Waals surface area contributed by atoms with Gasteiger partial charge in [0.25, 0.3) is 0 Å². The monoisotopic (exact) mass is 346 g/mol. The third kappa shape index (κ3) is 5.22. The predicted molar refractivity (Wildman–Crippen MR) is 104 cm³/mol. The number of anilines is 1. The lowest BCUT2D eigenvalue weighted by atomic mass is 9.87. The number of halogens is 1. The SMILES string of the molecule is CN(Cc1ccc(C(C)(C)C)cc1)C(=S)Nc1ccc(Cl)cc1. The molecule has 0 fully saturated rings. The molecule has 2 rings (SSSR count). The molecule has 0 aliphatic rings. The highest BCUT2D eigenvalue weighted by Crippen LogP contribution is 2.22. The van der Waals surface area contributed by atoms with E-state index in [1.807, 2.05) is 36.2 Å². The van der Waals surface area contributed by atoms with Gasteiger partial charge in [0.15, 0.2) is 5.11 Å². The van der Waals surface area contributed by atoms with Crippen LogP contribution in [0.1, 0.15) is 31.9 Å². The largest absolute Gasteiger partial charge is 0.348 e. The van der Waals surface area contributed by atoms with E-state index in [0.29, 0.717) is 10.1 Å². The lowest BCUT2D eigenvalue weighted by molar-refractivity contribution is 0.508. The Labute approximate surface area is 149 Å². The molecule has 2 nitrogen and oxygen atoms in total. The van der Waals surface area contributed by atoms with Crippen molar-refractivity contribution in [2.75, 3.05) is 12.4 Å². The average Bonchev–Trinajstić information content (AvgIpc) is 2.49. The summed E-state index contributed by atoms with van der Waals surface area (Å²) >= 11 is 11.3. The Morgan fingerprint density at radius 2 is 1.61 bits per heavy atom. The van der Waals surface area contributed by atoms with Crippen LogP contribution in [0.4, 0.5) is 5.69 Å². The lowest BCUT2D eigenvalue weighted by Gasteiger charge is -2.23. The molecule has 0 heterocycles. The topological polar surface area (TPSA) is 15.3 Å². The first kappa shape index (κ1) is 17.8. The van der Waals surface area contributed by atoms with Gasteiger partial charge in [-0.05, 0) is 53.0 Å². The van der Waals surface area contributed by atoms with Crippen LogP contribution >= 0.6 is 23.8 Å². The number of thiocarbonyl (C=S) groups is 1. The van der Waals surface area contributed by atoms with Gasteiger partial charge in [0.05, 0.1) is 0 Å². The first-order chi connectivity index (χ1) is 10.8. The van der Waals surface area contributed by atoms with E-state index >= 15 is 0 Å². The number of hydrogen-bond donors (Lipinski definition) is 1. The molecule has 23 heavy (non-hydrogen) atoms. The number of nitrogens with one attached hydrogen (secondary N) is 1. The first-order valence-corrected chi connectivity index (χ1v) is 8.41. The fraction of sp³-hybridized carbons (Fsp3) is 0.316. The van der Waals surface area contributed by atoms with E-state index in [2.05, 4.69) is 50.4 Å². The van der Waals surface area contributed by atoms with Crippen LogP contribution in [0.5, 0.6) is 0 Å². The van der Waals surface area contributed by atoms with Gasteiger partial charge in [0.1, 0.15) is 0 Å². The quantitative estimate of drug-likeness (QED) is 0.742. The molecule has 0 atom stereocenters. The molecule has 2 aromatic carbocycles. The van der Waals surface area contributed by atoms with Crippen molar-refractivity contribution in [3.63, 3.8) is 0 Å². The summed E-state index contributed by atoms with van der Waals surface area (Å²) in [5.74, 6) is 0. The summed E-state index contributed by atoms with van der Waals surface area (Å²) in [5.41, 5.74) is 3.69. The van der Waals surface area contributed by atoms with E-state index in [1.165, 1.54) is 11.1 Å². The van der Waals surface area contributed by atoms with Crippen LogP contribution in [0.2, 0.25) is 5.02 Å². The van der Waals surface area contributed by atoms with E-state index in [4.69, 9.17) is 23.8 Å². The summed E-state index contributed by atoms with van der Waals surface area (Å²) in [6.07, 6.45) is 0. The third-order valence-electron chi connectivity index (χ3n) is 3.68. The van der Waals surface area contributed by atoms with Crippen molar-refractivity contribution >= 4 is 34.6 Å². The smallest absolute Gasteiger partial charge is 0.173 e. The summed E-state index contributed by atoms with van der Waals surface area (Å²) in [7, 11) is 1.99. The van der Waals surface area contributed by atoms with Crippen LogP contribution in [0.15, 0.2) is 48.5 Å². The molecule has 0 aliphatic heterocycles. The van der Waals surface area contributed by atoms with Gasteiger partial charge in [-0.3, -0.25) is 0 Å². The van der Waals surface area contributed by atoms with Crippen LogP contribution in [0, 0.1) is 0 Å². The lowest BCUT2D eigenvalue weighted by Crippen LogP contribution is -2.30. The average molecular weight is 347 g/mol. The Morgan fingerprint density at radius 1 is 1.04 bits per heavy atom. The van der Waals surface area contributed by atoms with Gasteiger partial charge in [0.2, 0.25) is 0 Å². The standard InChI is InChI=1S/C19H23ClN2S/c1-19(2,3)15-7-5-14(6-8-15)13-22(4)18(23)21-17-11-9-16(20)10-12-17/h5-12H,13H2,1-4H3,(H,21,23). The molecule has 4 heteroatoms. The predicted octanol–water partition coefficient (Wildman–Crippen LogP) is 5.47. The van der Waals surface area contributed by atoms with Gasteiger partial charge in [-0.1, -0.05) is 56.6 Å². The van der Waals surface area contributed by atoms with E-state index in [0.717, 1.165) is 12.2 Å². The van der Waals surface area contributed by atoms with E-state index < -0.39 is 0 Å². The zero-order chi connectivity index (χ0) is 17.0. The zero-order valence-corrected chi connectivity index (χ0v) is 15.6. The minimum absolute atomic E-state index is 0.176. The molecule has 122 valence electrons. The molecule has 0 saturated carbocycles. The van der Waals surface area contributed by atoms with Crippen LogP contribution in [0.3, 0.4) is 0 Å². The molecule has 0 amide bonds. The molecule has 0 aliphatic carbocycles. The fourth-order valence-electron chi connectivity index (χ4n) is 2.21. The van der Waals surface area contributed by atoms with E-state index in [1.54, 1.807) is 0 Å². The second-order valence-corrected chi connectivity index (χ2v) is 7.56. The van der Waals surface area contributed by atoms with Gasteiger partial charge in [-0.25, -0.2) is 0 Å². The molecule has 2 aromatic rings. The number of benzene rings is 2. The molecule has 0 spiro atoms. The molecule has 0 radical (unpaired) electrons. The normalized spacial score (nSPS) is 11.2. The van der Waals surface area contributed by atoms with E-state index in [-0.39, 0.29) is 5.41 Å². The van der Waals surface area contributed by atoms with Crippen LogP contribution < -0.4 is 5.32 Å². The maximum Gasteiger partial charge on any atom is 0.173 e. The molecule has 1 N–H and O–H groups in total. The Balaban J connectivity index is 1.96. The number of nitrogens with zero attached hydrogens (tertiary/aromatic N) is 1. The zero-order valence-electron chi connectivity index (χ0n) is 14.1. The van der Waals surface area contributed by atoms with Crippen LogP contribution in [-0.4, -0.2) is 17.1 Å². The molecule has 0 aromatic heterocycles. The van der Waals surface area contributed by atoms with Gasteiger partial charge >= 0.3 is 0 Å². The highest BCUT2D eigenvalue weighted by atomic mass is 35.5. The summed E-state index contributed by atoms with van der Waals surface area (Å²) in [6.45, 7) is 7.43. The molecular formula is C19H23ClN2S. The number of rotatable bonds is 3. The maximum atomic E-state index is 5.89. The van der Waals surface area contributed by atoms with E-state index in [9.17, 15) is 0 Å². The van der Waals surface area contributed by atoms with Gasteiger partial charge in [-0.2, -0.15) is 0 Å². The molecule has 0 bridgehead atoms. The van der Waals surface area contributed by atoms with Gasteiger partial charge < -0.3 is 10.2 Å². The highest BCUT2D eigenvalue weighted by Gasteiger charge is 2.13. The van der Waals surface area contributed by atoms with Crippen LogP contribution in [0.25, 0.3) is 0 Å². The van der Waals surface area contributed by atoms with Crippen molar-refractivity contribution in [2.24, 2.45) is 0 Å². The summed E-state index contributed by atoms with van der Waals surface area (Å²) < 4.78 is 0. The highest BCUT2D eigenvalue weighted by molar-refractivity contribution is 7.80. The van der Waals surface area contributed by atoms with Crippen LogP contribution in [-0.2, 0) is 12.0 Å². The Kier molecular flexibility index (Phi) is 5.66. The first-order valence-electron chi connectivity index (χ1n) is 7.63. The molecule has 0 unspecified atom stereocenters. The van der Waals surface area contributed by atoms with Crippen molar-refractivity contribution in [1.82, 2.24) is 4.90 Å².